The standard InChI is InChI=1S/C14H20N2O/c1-11(2)9-10-15-12(3)14(17)16-13-7-5-4-6-8-13/h4-9,12,15H,10H2,1-3H3,(H,16,17). The van der Waals surface area contributed by atoms with Crippen molar-refractivity contribution in [3.63, 3.8) is 0 Å². The molecule has 92 valence electrons. The minimum Gasteiger partial charge on any atom is -0.325 e. The van der Waals surface area contributed by atoms with E-state index in [1.807, 2.05) is 51.1 Å². The molecule has 0 saturated carbocycles. The van der Waals surface area contributed by atoms with Gasteiger partial charge in [0.05, 0.1) is 6.04 Å². The Morgan fingerprint density at radius 2 is 1.94 bits per heavy atom. The Labute approximate surface area is 103 Å². The maximum absolute atomic E-state index is 11.8. The zero-order valence-electron chi connectivity index (χ0n) is 10.7. The Morgan fingerprint density at radius 1 is 1.29 bits per heavy atom. The normalized spacial score (nSPS) is 11.7. The number of allylic oxidation sites excluding steroid dienone is 1. The Balaban J connectivity index is 2.40. The second kappa shape index (κ2) is 6.86. The van der Waals surface area contributed by atoms with Crippen molar-refractivity contribution >= 4 is 11.6 Å². The Morgan fingerprint density at radius 3 is 2.53 bits per heavy atom. The Hall–Kier alpha value is -1.61. The van der Waals surface area contributed by atoms with Crippen molar-refractivity contribution in [1.82, 2.24) is 5.32 Å². The quantitative estimate of drug-likeness (QED) is 0.766. The van der Waals surface area contributed by atoms with Crippen LogP contribution in [0.4, 0.5) is 5.69 Å². The molecule has 2 N–H and O–H groups in total. The first kappa shape index (κ1) is 13.5. The fraction of sp³-hybridized carbons (Fsp3) is 0.357. The number of anilines is 1. The molecule has 0 aromatic heterocycles. The van der Waals surface area contributed by atoms with E-state index in [-0.39, 0.29) is 11.9 Å². The van der Waals surface area contributed by atoms with Gasteiger partial charge in [-0.2, -0.15) is 0 Å². The third kappa shape index (κ3) is 5.31. The molecule has 1 aromatic carbocycles. The van der Waals surface area contributed by atoms with Gasteiger partial charge in [-0.1, -0.05) is 29.8 Å². The first-order valence-corrected chi connectivity index (χ1v) is 5.82. The SMILES string of the molecule is CC(C)=CCNC(C)C(=O)Nc1ccccc1. The summed E-state index contributed by atoms with van der Waals surface area (Å²) in [5.41, 5.74) is 2.07. The minimum absolute atomic E-state index is 0.0154. The number of benzene rings is 1. The van der Waals surface area contributed by atoms with Gasteiger partial charge in [0.15, 0.2) is 0 Å². The molecule has 0 bridgehead atoms. The molecule has 0 aliphatic rings. The highest BCUT2D eigenvalue weighted by atomic mass is 16.2. The predicted octanol–water partition coefficient (Wildman–Crippen LogP) is 2.57. The van der Waals surface area contributed by atoms with E-state index >= 15 is 0 Å². The second-order valence-corrected chi connectivity index (χ2v) is 4.27. The molecule has 1 amide bonds. The predicted molar refractivity (Wildman–Crippen MR) is 72.0 cm³/mol. The van der Waals surface area contributed by atoms with Gasteiger partial charge in [-0.25, -0.2) is 0 Å². The summed E-state index contributed by atoms with van der Waals surface area (Å²) in [6, 6.07) is 9.27. The molecule has 1 unspecified atom stereocenters. The summed E-state index contributed by atoms with van der Waals surface area (Å²) in [5.74, 6) is -0.0154. The summed E-state index contributed by atoms with van der Waals surface area (Å²) < 4.78 is 0. The van der Waals surface area contributed by atoms with Crippen molar-refractivity contribution in [2.24, 2.45) is 0 Å². The van der Waals surface area contributed by atoms with Crippen molar-refractivity contribution in [3.05, 3.63) is 42.0 Å². The van der Waals surface area contributed by atoms with Crippen molar-refractivity contribution in [2.45, 2.75) is 26.8 Å². The molecular formula is C14H20N2O. The summed E-state index contributed by atoms with van der Waals surface area (Å²) in [6.45, 7) is 6.65. The first-order valence-electron chi connectivity index (χ1n) is 5.82. The molecule has 0 spiro atoms. The summed E-state index contributed by atoms with van der Waals surface area (Å²) in [5, 5.41) is 6.00. The molecule has 1 rings (SSSR count). The van der Waals surface area contributed by atoms with Gasteiger partial charge in [0.2, 0.25) is 5.91 Å². The first-order chi connectivity index (χ1) is 8.09. The summed E-state index contributed by atoms with van der Waals surface area (Å²) in [7, 11) is 0. The molecule has 3 nitrogen and oxygen atoms in total. The van der Waals surface area contributed by atoms with Crippen molar-refractivity contribution in [3.8, 4) is 0 Å². The monoisotopic (exact) mass is 232 g/mol. The average Bonchev–Trinajstić information content (AvgIpc) is 2.29. The molecule has 0 fully saturated rings. The number of amides is 1. The maximum Gasteiger partial charge on any atom is 0.241 e. The third-order valence-electron chi connectivity index (χ3n) is 2.37. The van der Waals surface area contributed by atoms with Gasteiger partial charge < -0.3 is 10.6 Å². The average molecular weight is 232 g/mol. The van der Waals surface area contributed by atoms with Crippen LogP contribution in [0.25, 0.3) is 0 Å². The highest BCUT2D eigenvalue weighted by molar-refractivity contribution is 5.94. The Kier molecular flexibility index (Phi) is 5.43. The van der Waals surface area contributed by atoms with E-state index in [0.717, 1.165) is 5.69 Å². The molecular weight excluding hydrogens is 212 g/mol. The molecule has 0 saturated heterocycles. The van der Waals surface area contributed by atoms with E-state index in [0.29, 0.717) is 6.54 Å². The van der Waals surface area contributed by atoms with Crippen LogP contribution in [0.1, 0.15) is 20.8 Å². The fourth-order valence-electron chi connectivity index (χ4n) is 1.30. The lowest BCUT2D eigenvalue weighted by molar-refractivity contribution is -0.117. The highest BCUT2D eigenvalue weighted by Crippen LogP contribution is 2.05. The van der Waals surface area contributed by atoms with Gasteiger partial charge in [0.25, 0.3) is 0 Å². The van der Waals surface area contributed by atoms with Crippen LogP contribution < -0.4 is 10.6 Å². The summed E-state index contributed by atoms with van der Waals surface area (Å²) in [6.07, 6.45) is 2.06. The maximum atomic E-state index is 11.8. The zero-order chi connectivity index (χ0) is 12.7. The van der Waals surface area contributed by atoms with Gasteiger partial charge in [0.1, 0.15) is 0 Å². The van der Waals surface area contributed by atoms with Crippen LogP contribution >= 0.6 is 0 Å². The van der Waals surface area contributed by atoms with Gasteiger partial charge in [-0.3, -0.25) is 4.79 Å². The largest absolute Gasteiger partial charge is 0.325 e. The van der Waals surface area contributed by atoms with Gasteiger partial charge in [0, 0.05) is 12.2 Å². The number of carbonyl (C=O) groups excluding carboxylic acids is 1. The topological polar surface area (TPSA) is 41.1 Å². The van der Waals surface area contributed by atoms with Crippen LogP contribution in [0.5, 0.6) is 0 Å². The summed E-state index contributed by atoms with van der Waals surface area (Å²) >= 11 is 0. The lowest BCUT2D eigenvalue weighted by atomic mass is 10.2. The molecule has 0 aliphatic carbocycles. The molecule has 0 aliphatic heterocycles. The molecule has 17 heavy (non-hydrogen) atoms. The zero-order valence-corrected chi connectivity index (χ0v) is 10.7. The third-order valence-corrected chi connectivity index (χ3v) is 2.37. The van der Waals surface area contributed by atoms with Crippen molar-refractivity contribution in [1.29, 1.82) is 0 Å². The number of hydrogen-bond donors (Lipinski definition) is 2. The van der Waals surface area contributed by atoms with Gasteiger partial charge >= 0.3 is 0 Å². The lowest BCUT2D eigenvalue weighted by Crippen LogP contribution is -2.38. The number of hydrogen-bond acceptors (Lipinski definition) is 2. The van der Waals surface area contributed by atoms with Crippen LogP contribution in [0, 0.1) is 0 Å². The van der Waals surface area contributed by atoms with Crippen LogP contribution in [0.3, 0.4) is 0 Å². The number of carbonyl (C=O) groups is 1. The van der Waals surface area contributed by atoms with E-state index in [2.05, 4.69) is 16.7 Å². The van der Waals surface area contributed by atoms with Crippen LogP contribution in [0.2, 0.25) is 0 Å². The molecule has 0 heterocycles. The fourth-order valence-corrected chi connectivity index (χ4v) is 1.30. The summed E-state index contributed by atoms with van der Waals surface area (Å²) in [4.78, 5) is 11.8. The lowest BCUT2D eigenvalue weighted by Gasteiger charge is -2.12. The van der Waals surface area contributed by atoms with E-state index in [9.17, 15) is 4.79 Å². The second-order valence-electron chi connectivity index (χ2n) is 4.27. The van der Waals surface area contributed by atoms with Gasteiger partial charge in [-0.15, -0.1) is 0 Å². The molecule has 0 radical (unpaired) electrons. The van der Waals surface area contributed by atoms with Crippen LogP contribution in [-0.4, -0.2) is 18.5 Å². The van der Waals surface area contributed by atoms with E-state index < -0.39 is 0 Å². The van der Waals surface area contributed by atoms with E-state index in [1.165, 1.54) is 5.57 Å². The molecule has 1 atom stereocenters. The molecule has 1 aromatic rings. The molecule has 3 heteroatoms. The highest BCUT2D eigenvalue weighted by Gasteiger charge is 2.10. The minimum atomic E-state index is -0.203. The smallest absolute Gasteiger partial charge is 0.241 e. The van der Waals surface area contributed by atoms with Crippen molar-refractivity contribution < 1.29 is 4.79 Å². The van der Waals surface area contributed by atoms with Crippen molar-refractivity contribution in [2.75, 3.05) is 11.9 Å². The van der Waals surface area contributed by atoms with Gasteiger partial charge in [-0.05, 0) is 32.9 Å². The number of para-hydroxylation sites is 1. The number of rotatable bonds is 5. The van der Waals surface area contributed by atoms with E-state index in [4.69, 9.17) is 0 Å². The van der Waals surface area contributed by atoms with Crippen LogP contribution in [0.15, 0.2) is 42.0 Å². The van der Waals surface area contributed by atoms with Crippen LogP contribution in [-0.2, 0) is 4.79 Å². The van der Waals surface area contributed by atoms with E-state index in [1.54, 1.807) is 0 Å². The Bertz CT molecular complexity index is 380. The number of nitrogens with one attached hydrogen (secondary N) is 2.